The molecule has 6 heteroatoms. The molecule has 1 aliphatic rings. The molecule has 0 bridgehead atoms. The Labute approximate surface area is 126 Å². The number of aromatic nitrogens is 1. The van der Waals surface area contributed by atoms with Crippen LogP contribution in [0, 0.1) is 5.92 Å². The fraction of sp³-hybridized carbons (Fsp3) is 0.733. The second-order valence-corrected chi connectivity index (χ2v) is 5.36. The van der Waals surface area contributed by atoms with Crippen LogP contribution in [-0.4, -0.2) is 37.9 Å². The summed E-state index contributed by atoms with van der Waals surface area (Å²) in [5.41, 5.74) is 0.975. The molecule has 0 amide bonds. The highest BCUT2D eigenvalue weighted by Crippen LogP contribution is 2.28. The van der Waals surface area contributed by atoms with Gasteiger partial charge < -0.3 is 19.9 Å². The Balaban J connectivity index is 1.54. The molecule has 0 spiro atoms. The molecule has 1 aliphatic carbocycles. The molecule has 2 rings (SSSR count). The van der Waals surface area contributed by atoms with Gasteiger partial charge in [-0.15, -0.1) is 0 Å². The van der Waals surface area contributed by atoms with Crippen LogP contribution in [0.1, 0.15) is 37.6 Å². The maximum Gasteiger partial charge on any atom is 0.191 e. The summed E-state index contributed by atoms with van der Waals surface area (Å²) in [4.78, 5) is 4.18. The molecular formula is C15H26N4O2. The third-order valence-electron chi connectivity index (χ3n) is 3.43. The Morgan fingerprint density at radius 3 is 3.00 bits per heavy atom. The van der Waals surface area contributed by atoms with Gasteiger partial charge in [0.1, 0.15) is 0 Å². The summed E-state index contributed by atoms with van der Waals surface area (Å²) in [6.07, 6.45) is 4.55. The lowest BCUT2D eigenvalue weighted by Crippen LogP contribution is -2.37. The van der Waals surface area contributed by atoms with Gasteiger partial charge in [0.15, 0.2) is 11.7 Å². The van der Waals surface area contributed by atoms with Crippen molar-refractivity contribution in [2.24, 2.45) is 10.9 Å². The van der Waals surface area contributed by atoms with Crippen molar-refractivity contribution in [2.45, 2.75) is 39.2 Å². The van der Waals surface area contributed by atoms with Gasteiger partial charge in [0.25, 0.3) is 0 Å². The van der Waals surface area contributed by atoms with Gasteiger partial charge >= 0.3 is 0 Å². The van der Waals surface area contributed by atoms with E-state index in [1.165, 1.54) is 12.8 Å². The lowest BCUT2D eigenvalue weighted by Gasteiger charge is -2.10. The first-order chi connectivity index (χ1) is 10.3. The minimum atomic E-state index is 0.588. The molecule has 1 aromatic rings. The van der Waals surface area contributed by atoms with Crippen molar-refractivity contribution >= 4 is 5.96 Å². The third-order valence-corrected chi connectivity index (χ3v) is 3.43. The van der Waals surface area contributed by atoms with E-state index in [0.717, 1.165) is 55.9 Å². The van der Waals surface area contributed by atoms with Crippen LogP contribution in [0.3, 0.4) is 0 Å². The molecule has 6 nitrogen and oxygen atoms in total. The molecule has 2 N–H and O–H groups in total. The molecule has 0 aliphatic heterocycles. The van der Waals surface area contributed by atoms with Gasteiger partial charge in [-0.25, -0.2) is 0 Å². The zero-order valence-electron chi connectivity index (χ0n) is 13.0. The first-order valence-electron chi connectivity index (χ1n) is 7.78. The molecule has 0 radical (unpaired) electrons. The molecule has 1 fully saturated rings. The average Bonchev–Trinajstić information content (AvgIpc) is 3.22. The first kappa shape index (κ1) is 15.8. The fourth-order valence-electron chi connectivity index (χ4n) is 1.91. The van der Waals surface area contributed by atoms with E-state index < -0.39 is 0 Å². The minimum absolute atomic E-state index is 0.588. The van der Waals surface area contributed by atoms with Crippen LogP contribution in [0.4, 0.5) is 0 Å². The van der Waals surface area contributed by atoms with E-state index in [4.69, 9.17) is 9.26 Å². The standard InChI is InChI=1S/C15H26N4O2/c1-3-13-9-14(21-19-13)10-18-15(16-2)17-7-4-8-20-11-12-5-6-12/h9,12H,3-8,10-11H2,1-2H3,(H2,16,17,18). The van der Waals surface area contributed by atoms with Crippen LogP contribution < -0.4 is 10.6 Å². The van der Waals surface area contributed by atoms with Crippen LogP contribution in [0.2, 0.25) is 0 Å². The monoisotopic (exact) mass is 294 g/mol. The number of aliphatic imine (C=N–C) groups is 1. The topological polar surface area (TPSA) is 71.7 Å². The summed E-state index contributed by atoms with van der Waals surface area (Å²) >= 11 is 0. The van der Waals surface area contributed by atoms with E-state index in [-0.39, 0.29) is 0 Å². The second-order valence-electron chi connectivity index (χ2n) is 5.36. The van der Waals surface area contributed by atoms with Gasteiger partial charge in [0.05, 0.1) is 12.2 Å². The number of hydrogen-bond acceptors (Lipinski definition) is 4. The highest BCUT2D eigenvalue weighted by Gasteiger charge is 2.20. The second kappa shape index (κ2) is 8.67. The van der Waals surface area contributed by atoms with Crippen molar-refractivity contribution in [1.82, 2.24) is 15.8 Å². The Morgan fingerprint density at radius 2 is 2.33 bits per heavy atom. The van der Waals surface area contributed by atoms with Crippen molar-refractivity contribution in [3.63, 3.8) is 0 Å². The summed E-state index contributed by atoms with van der Waals surface area (Å²) in [7, 11) is 1.76. The third kappa shape index (κ3) is 6.16. The molecule has 0 aromatic carbocycles. The van der Waals surface area contributed by atoms with Gasteiger partial charge in [-0.3, -0.25) is 4.99 Å². The van der Waals surface area contributed by atoms with Gasteiger partial charge in [-0.1, -0.05) is 12.1 Å². The smallest absolute Gasteiger partial charge is 0.191 e. The Morgan fingerprint density at radius 1 is 1.48 bits per heavy atom. The first-order valence-corrected chi connectivity index (χ1v) is 7.78. The van der Waals surface area contributed by atoms with Crippen molar-refractivity contribution in [3.05, 3.63) is 17.5 Å². The van der Waals surface area contributed by atoms with Crippen molar-refractivity contribution < 1.29 is 9.26 Å². The summed E-state index contributed by atoms with van der Waals surface area (Å²) in [6, 6.07) is 1.96. The number of aryl methyl sites for hydroxylation is 1. The van der Waals surface area contributed by atoms with Gasteiger partial charge in [0.2, 0.25) is 0 Å². The molecule has 118 valence electrons. The van der Waals surface area contributed by atoms with Crippen molar-refractivity contribution in [3.8, 4) is 0 Å². The van der Waals surface area contributed by atoms with E-state index in [1.807, 2.05) is 6.07 Å². The van der Waals surface area contributed by atoms with Crippen molar-refractivity contribution in [1.29, 1.82) is 0 Å². The highest BCUT2D eigenvalue weighted by atomic mass is 16.5. The number of nitrogens with one attached hydrogen (secondary N) is 2. The van der Waals surface area contributed by atoms with Crippen molar-refractivity contribution in [2.75, 3.05) is 26.8 Å². The maximum absolute atomic E-state index is 5.59. The number of rotatable bonds is 9. The summed E-state index contributed by atoms with van der Waals surface area (Å²) in [5.74, 6) is 2.43. The largest absolute Gasteiger partial charge is 0.381 e. The zero-order valence-corrected chi connectivity index (χ0v) is 13.0. The predicted octanol–water partition coefficient (Wildman–Crippen LogP) is 1.72. The normalized spacial score (nSPS) is 15.2. The van der Waals surface area contributed by atoms with Crippen LogP contribution in [-0.2, 0) is 17.7 Å². The Bertz CT molecular complexity index is 441. The molecule has 1 heterocycles. The predicted molar refractivity (Wildman–Crippen MR) is 82.2 cm³/mol. The number of hydrogen-bond donors (Lipinski definition) is 2. The quantitative estimate of drug-likeness (QED) is 0.412. The lowest BCUT2D eigenvalue weighted by molar-refractivity contribution is 0.123. The van der Waals surface area contributed by atoms with Crippen LogP contribution in [0.5, 0.6) is 0 Å². The number of ether oxygens (including phenoxy) is 1. The summed E-state index contributed by atoms with van der Waals surface area (Å²) in [6.45, 7) is 5.23. The average molecular weight is 294 g/mol. The van der Waals surface area contributed by atoms with Crippen LogP contribution in [0.15, 0.2) is 15.6 Å². The summed E-state index contributed by atoms with van der Waals surface area (Å²) in [5, 5.41) is 10.4. The SMILES string of the molecule is CCc1cc(CNC(=NC)NCCCOCC2CC2)on1. The molecule has 0 saturated heterocycles. The Hall–Kier alpha value is -1.56. The molecular weight excluding hydrogens is 268 g/mol. The van der Waals surface area contributed by atoms with E-state index >= 15 is 0 Å². The van der Waals surface area contributed by atoms with Gasteiger partial charge in [0, 0.05) is 32.9 Å². The van der Waals surface area contributed by atoms with Crippen LogP contribution in [0.25, 0.3) is 0 Å². The minimum Gasteiger partial charge on any atom is -0.381 e. The molecule has 21 heavy (non-hydrogen) atoms. The number of nitrogens with zero attached hydrogens (tertiary/aromatic N) is 2. The van der Waals surface area contributed by atoms with Gasteiger partial charge in [-0.2, -0.15) is 0 Å². The van der Waals surface area contributed by atoms with E-state index in [9.17, 15) is 0 Å². The molecule has 0 atom stereocenters. The molecule has 0 unspecified atom stereocenters. The van der Waals surface area contributed by atoms with E-state index in [0.29, 0.717) is 6.54 Å². The summed E-state index contributed by atoms with van der Waals surface area (Å²) < 4.78 is 10.8. The Kier molecular flexibility index (Phi) is 6.53. The maximum atomic E-state index is 5.59. The van der Waals surface area contributed by atoms with E-state index in [2.05, 4.69) is 27.7 Å². The van der Waals surface area contributed by atoms with E-state index in [1.54, 1.807) is 7.05 Å². The zero-order chi connectivity index (χ0) is 14.9. The van der Waals surface area contributed by atoms with Gasteiger partial charge in [-0.05, 0) is 31.6 Å². The highest BCUT2D eigenvalue weighted by molar-refractivity contribution is 5.79. The van der Waals surface area contributed by atoms with Crippen LogP contribution >= 0.6 is 0 Å². The molecule has 1 saturated carbocycles. The molecule has 1 aromatic heterocycles. The lowest BCUT2D eigenvalue weighted by atomic mass is 10.3. The fourth-order valence-corrected chi connectivity index (χ4v) is 1.91. The number of guanidine groups is 1.